The van der Waals surface area contributed by atoms with Crippen LogP contribution in [0.4, 0.5) is 0 Å². The fraction of sp³-hybridized carbons (Fsp3) is 0.236. The van der Waals surface area contributed by atoms with Crippen LogP contribution in [0.25, 0.3) is 43.4 Å². The maximum absolute atomic E-state index is 15.4. The number of thiazole rings is 6. The number of pyridine rings is 1. The molecule has 0 aliphatic carbocycles. The Kier molecular flexibility index (Phi) is 16.3. The second-order valence-electron chi connectivity index (χ2n) is 19.5. The van der Waals surface area contributed by atoms with Crippen LogP contribution in [0.5, 0.6) is 5.75 Å². The van der Waals surface area contributed by atoms with Crippen molar-refractivity contribution in [1.29, 1.82) is 0 Å². The molecule has 1 saturated heterocycles. The number of primary amides is 2. The molecule has 7 aromatic heterocycles. The molecule has 428 valence electrons. The van der Waals surface area contributed by atoms with E-state index in [1.54, 1.807) is 77.2 Å². The summed E-state index contributed by atoms with van der Waals surface area (Å²) >= 11 is 6.84. The number of aromatic hydroxyl groups is 1. The van der Waals surface area contributed by atoms with Gasteiger partial charge in [-0.1, -0.05) is 49.4 Å². The number of benzene rings is 2. The molecular weight excluding hydrogens is 1200 g/mol. The van der Waals surface area contributed by atoms with Crippen molar-refractivity contribution >= 4 is 109 Å². The van der Waals surface area contributed by atoms with E-state index in [-0.39, 0.29) is 51.5 Å². The molecule has 1 fully saturated rings. The van der Waals surface area contributed by atoms with Crippen LogP contribution in [0.3, 0.4) is 0 Å². The minimum atomic E-state index is -1.42. The fourth-order valence-corrected chi connectivity index (χ4v) is 15.0. The standard InChI is InChI=1S/C55H47N13O10S6/c1-23-38(78-25(3)69)17-68-43(23)54-65-37(22-83-54)51-61-33(18-80-51)41-29(13-14-30(58-41)50-62-34(19-81-50)45(57)73)49-63-35(20-79-49)46(74)59-31(16-39(56)71)52-67-40(24(2)84-52)48(76)66-42(44(72)27-7-5-4-6-8-27)53-64-36(21-82-53)47(75)60-32(55(68)77)15-26-9-11-28(70)12-10-26/h4-14,18-23,31-32,38,42-44,70,72H,15-17H2,1-3H3,(H2,56,71)(H2,57,73)(H,59,74)(H,60,75)(H,66,76)/t23-,31-,32-,38-,42-,43-,44+/m0/s1. The molecule has 7 atom stereocenters. The number of phenols is 1. The van der Waals surface area contributed by atoms with Gasteiger partial charge in [0, 0.05) is 56.6 Å². The van der Waals surface area contributed by atoms with Crippen molar-refractivity contribution in [2.45, 2.75) is 70.0 Å². The summed E-state index contributed by atoms with van der Waals surface area (Å²) in [5.41, 5.74) is 14.1. The SMILES string of the molecule is CC(=O)O[C@H]1CN2C(=O)[C@H](Cc3ccc(O)cc3)NC(=O)c3csc(n3)[C@H]([C@H](O)c3ccccc3)NC(=O)c3nc(sc3C)[C@H](CC(N)=O)NC(=O)c3csc(n3)-c3ccc(-c4nc(C(N)=O)cs4)nc3-c3csc(n3)-c3csc(n3)[C@@H]2[C@H]1C. The summed E-state index contributed by atoms with van der Waals surface area (Å²) in [5, 5.41) is 40.8. The Balaban J connectivity index is 1.03. The van der Waals surface area contributed by atoms with E-state index in [2.05, 4.69) is 30.9 Å². The van der Waals surface area contributed by atoms with Gasteiger partial charge < -0.3 is 47.3 Å². The van der Waals surface area contributed by atoms with Crippen molar-refractivity contribution in [3.05, 3.63) is 147 Å². The first-order valence-electron chi connectivity index (χ1n) is 25.6. The minimum absolute atomic E-state index is 0.0143. The highest BCUT2D eigenvalue weighted by atomic mass is 32.1. The van der Waals surface area contributed by atoms with Crippen molar-refractivity contribution in [2.24, 2.45) is 17.4 Å². The Labute approximate surface area is 500 Å². The Hall–Kier alpha value is -8.58. The third-order valence-electron chi connectivity index (χ3n) is 13.8. The number of amides is 6. The largest absolute Gasteiger partial charge is 0.508 e. The monoisotopic (exact) mass is 1240 g/mol. The van der Waals surface area contributed by atoms with Gasteiger partial charge in [0.25, 0.3) is 23.6 Å². The van der Waals surface area contributed by atoms with Crippen LogP contribution in [0.15, 0.2) is 93.6 Å². The van der Waals surface area contributed by atoms with Crippen LogP contribution in [0.1, 0.15) is 117 Å². The van der Waals surface area contributed by atoms with Crippen LogP contribution >= 0.6 is 68.0 Å². The van der Waals surface area contributed by atoms with Crippen LogP contribution < -0.4 is 27.4 Å². The summed E-state index contributed by atoms with van der Waals surface area (Å²) < 4.78 is 5.82. The molecule has 0 radical (unpaired) electrons. The number of carbonyl (C=O) groups excluding carboxylic acids is 7. The smallest absolute Gasteiger partial charge is 0.302 e. The zero-order valence-corrected chi connectivity index (χ0v) is 49.1. The lowest BCUT2D eigenvalue weighted by molar-refractivity contribution is -0.148. The summed E-state index contributed by atoms with van der Waals surface area (Å²) in [4.78, 5) is 131. The second-order valence-corrected chi connectivity index (χ2v) is 25.1. The van der Waals surface area contributed by atoms with Crippen molar-refractivity contribution in [1.82, 2.24) is 55.7 Å². The molecule has 9 N–H and O–H groups in total. The predicted octanol–water partition coefficient (Wildman–Crippen LogP) is 6.96. The molecule has 29 heteroatoms. The van der Waals surface area contributed by atoms with Crippen molar-refractivity contribution < 1.29 is 48.5 Å². The summed E-state index contributed by atoms with van der Waals surface area (Å²) in [5.74, 6) is -5.32. The quantitative estimate of drug-likeness (QED) is 0.0718. The minimum Gasteiger partial charge on any atom is -0.508 e. The lowest BCUT2D eigenvalue weighted by Gasteiger charge is -2.29. The number of hydrogen-bond donors (Lipinski definition) is 7. The first kappa shape index (κ1) is 57.2. The second kappa shape index (κ2) is 24.0. The van der Waals surface area contributed by atoms with Gasteiger partial charge in [-0.2, -0.15) is 0 Å². The molecule has 0 saturated carbocycles. The summed E-state index contributed by atoms with van der Waals surface area (Å²) in [6.45, 7) is 4.70. The first-order chi connectivity index (χ1) is 40.3. The maximum Gasteiger partial charge on any atom is 0.302 e. The molecule has 10 bridgehead atoms. The highest BCUT2D eigenvalue weighted by molar-refractivity contribution is 7.15. The normalized spacial score (nSPS) is 19.6. The summed E-state index contributed by atoms with van der Waals surface area (Å²) in [6, 6.07) is 13.6. The molecule has 9 heterocycles. The molecule has 11 rings (SSSR count). The molecule has 84 heavy (non-hydrogen) atoms. The van der Waals surface area contributed by atoms with Gasteiger partial charge in [0.2, 0.25) is 11.8 Å². The van der Waals surface area contributed by atoms with Gasteiger partial charge in [-0.05, 0) is 42.3 Å². The van der Waals surface area contributed by atoms with E-state index in [0.29, 0.717) is 64.4 Å². The Morgan fingerprint density at radius 3 is 2.05 bits per heavy atom. The van der Waals surface area contributed by atoms with E-state index in [4.69, 9.17) is 36.1 Å². The van der Waals surface area contributed by atoms with Crippen LogP contribution in [-0.4, -0.2) is 110 Å². The first-order valence-corrected chi connectivity index (χ1v) is 30.8. The zero-order valence-electron chi connectivity index (χ0n) is 44.2. The third-order valence-corrected chi connectivity index (χ3v) is 19.3. The molecule has 23 nitrogen and oxygen atoms in total. The fourth-order valence-electron chi connectivity index (χ4n) is 9.65. The average Bonchev–Trinajstić information content (AvgIpc) is 3.42. The number of rotatable bonds is 9. The van der Waals surface area contributed by atoms with Gasteiger partial charge in [0.15, 0.2) is 0 Å². The van der Waals surface area contributed by atoms with Gasteiger partial charge >= 0.3 is 5.97 Å². The number of aromatic nitrogens is 7. The number of nitrogens with zero attached hydrogens (tertiary/aromatic N) is 8. The van der Waals surface area contributed by atoms with E-state index in [9.17, 15) is 39.0 Å². The number of aliphatic hydroxyl groups is 1. The number of phenolic OH excluding ortho intramolecular Hbond substituents is 1. The Bertz CT molecular complexity index is 4020. The highest BCUT2D eigenvalue weighted by Gasteiger charge is 2.47. The number of nitrogens with two attached hydrogens (primary N) is 2. The molecule has 2 aliphatic heterocycles. The number of aliphatic hydroxyl groups excluding tert-OH is 1. The van der Waals surface area contributed by atoms with E-state index in [1.807, 2.05) is 6.92 Å². The number of ether oxygens (including phenoxy) is 1. The highest BCUT2D eigenvalue weighted by Crippen LogP contribution is 2.44. The number of carbonyl (C=O) groups is 7. The van der Waals surface area contributed by atoms with E-state index in [0.717, 1.165) is 45.3 Å². The molecule has 0 spiro atoms. The van der Waals surface area contributed by atoms with Crippen LogP contribution in [0, 0.1) is 12.8 Å². The number of nitrogens with one attached hydrogen (secondary N) is 3. The summed E-state index contributed by atoms with van der Waals surface area (Å²) in [6.07, 6.45) is -2.65. The van der Waals surface area contributed by atoms with Crippen LogP contribution in [-0.2, 0) is 25.5 Å². The Morgan fingerprint density at radius 2 is 1.32 bits per heavy atom. The lowest BCUT2D eigenvalue weighted by Crippen LogP contribution is -2.50. The topological polar surface area (TPSA) is 351 Å². The number of fused-ring (bicyclic) bond motifs is 16. The van der Waals surface area contributed by atoms with Crippen molar-refractivity contribution in [2.75, 3.05) is 6.54 Å². The zero-order chi connectivity index (χ0) is 59.1. The van der Waals surface area contributed by atoms with E-state index < -0.39 is 90.1 Å². The van der Waals surface area contributed by atoms with E-state index in [1.165, 1.54) is 57.9 Å². The number of hydrogen-bond acceptors (Lipinski definition) is 23. The maximum atomic E-state index is 15.4. The lowest BCUT2D eigenvalue weighted by atomic mass is 10.00. The Morgan fingerprint density at radius 1 is 0.679 bits per heavy atom. The van der Waals surface area contributed by atoms with Gasteiger partial charge in [0.1, 0.15) is 99.9 Å². The van der Waals surface area contributed by atoms with Gasteiger partial charge in [0.05, 0.1) is 30.7 Å². The molecule has 2 aromatic carbocycles. The number of esters is 1. The molecular formula is C55H47N13O10S6. The molecule has 6 amide bonds. The van der Waals surface area contributed by atoms with Gasteiger partial charge in [-0.25, -0.2) is 34.9 Å². The van der Waals surface area contributed by atoms with Gasteiger partial charge in [-0.15, -0.1) is 68.0 Å². The average molecular weight is 1240 g/mol. The molecule has 2 aliphatic rings. The molecule has 9 aromatic rings. The van der Waals surface area contributed by atoms with E-state index >= 15 is 4.79 Å². The number of aryl methyl sites for hydroxylation is 1. The predicted molar refractivity (Wildman–Crippen MR) is 314 cm³/mol. The van der Waals surface area contributed by atoms with Crippen LogP contribution in [0.2, 0.25) is 0 Å². The van der Waals surface area contributed by atoms with Crippen molar-refractivity contribution in [3.63, 3.8) is 0 Å². The van der Waals surface area contributed by atoms with Gasteiger partial charge in [-0.3, -0.25) is 33.6 Å². The molecule has 0 unspecified atom stereocenters. The third kappa shape index (κ3) is 12.0. The van der Waals surface area contributed by atoms with Crippen molar-refractivity contribution in [3.8, 4) is 49.1 Å². The summed E-state index contributed by atoms with van der Waals surface area (Å²) in [7, 11) is 0.